The second-order valence-corrected chi connectivity index (χ2v) is 5.02. The van der Waals surface area contributed by atoms with E-state index in [4.69, 9.17) is 0 Å². The molecule has 2 rings (SSSR count). The molecule has 0 amide bonds. The normalized spacial score (nSPS) is 12.8. The molecule has 0 fully saturated rings. The lowest BCUT2D eigenvalue weighted by atomic mass is 10.2. The van der Waals surface area contributed by atoms with E-state index in [1.807, 2.05) is 23.0 Å². The Morgan fingerprint density at radius 1 is 1.53 bits per heavy atom. The number of hydrogen-bond donors (Lipinski definition) is 1. The first-order valence-electron chi connectivity index (χ1n) is 5.91. The summed E-state index contributed by atoms with van der Waals surface area (Å²) < 4.78 is 1.97. The quantitative estimate of drug-likeness (QED) is 0.854. The Labute approximate surface area is 106 Å². The van der Waals surface area contributed by atoms with Gasteiger partial charge < -0.3 is 9.88 Å². The fourth-order valence-electron chi connectivity index (χ4n) is 1.83. The maximum Gasteiger partial charge on any atom is 0.133 e. The Hall–Kier alpha value is -1.20. The molecule has 1 atom stereocenters. The van der Waals surface area contributed by atoms with Crippen molar-refractivity contribution in [2.75, 3.05) is 6.54 Å². The van der Waals surface area contributed by atoms with Gasteiger partial charge in [0.25, 0.3) is 0 Å². The Kier molecular flexibility index (Phi) is 4.28. The molecule has 0 aliphatic heterocycles. The van der Waals surface area contributed by atoms with Gasteiger partial charge in [0.2, 0.25) is 0 Å². The SMILES string of the molecule is CCC(NCCc1nncn1C)c1cccs1. The van der Waals surface area contributed by atoms with Crippen LogP contribution >= 0.6 is 11.3 Å². The second-order valence-electron chi connectivity index (χ2n) is 4.04. The summed E-state index contributed by atoms with van der Waals surface area (Å²) in [6.45, 7) is 3.14. The topological polar surface area (TPSA) is 42.7 Å². The molecular weight excluding hydrogens is 232 g/mol. The van der Waals surface area contributed by atoms with Crippen LogP contribution in [0.25, 0.3) is 0 Å². The number of thiophene rings is 1. The predicted octanol–water partition coefficient (Wildman–Crippen LogP) is 2.16. The largest absolute Gasteiger partial charge is 0.321 e. The van der Waals surface area contributed by atoms with Gasteiger partial charge in [-0.15, -0.1) is 21.5 Å². The summed E-state index contributed by atoms with van der Waals surface area (Å²) in [5.74, 6) is 1.03. The van der Waals surface area contributed by atoms with E-state index in [-0.39, 0.29) is 0 Å². The van der Waals surface area contributed by atoms with Crippen molar-refractivity contribution in [2.24, 2.45) is 7.05 Å². The van der Waals surface area contributed by atoms with E-state index in [1.54, 1.807) is 6.33 Å². The molecule has 4 nitrogen and oxygen atoms in total. The third-order valence-corrected chi connectivity index (χ3v) is 3.83. The zero-order chi connectivity index (χ0) is 12.1. The van der Waals surface area contributed by atoms with E-state index >= 15 is 0 Å². The van der Waals surface area contributed by atoms with Crippen LogP contribution in [0.3, 0.4) is 0 Å². The third kappa shape index (κ3) is 3.14. The number of nitrogens with one attached hydrogen (secondary N) is 1. The summed E-state index contributed by atoms with van der Waals surface area (Å²) in [5.41, 5.74) is 0. The monoisotopic (exact) mass is 250 g/mol. The van der Waals surface area contributed by atoms with Crippen molar-refractivity contribution in [1.82, 2.24) is 20.1 Å². The minimum atomic E-state index is 0.461. The molecular formula is C12H18N4S. The highest BCUT2D eigenvalue weighted by atomic mass is 32.1. The summed E-state index contributed by atoms with van der Waals surface area (Å²) >= 11 is 1.81. The molecule has 1 unspecified atom stereocenters. The van der Waals surface area contributed by atoms with Crippen LogP contribution in [0.4, 0.5) is 0 Å². The number of nitrogens with zero attached hydrogens (tertiary/aromatic N) is 3. The molecule has 2 aromatic rings. The van der Waals surface area contributed by atoms with Crippen LogP contribution in [0.5, 0.6) is 0 Å². The van der Waals surface area contributed by atoms with E-state index < -0.39 is 0 Å². The maximum absolute atomic E-state index is 4.08. The molecule has 0 saturated carbocycles. The number of aromatic nitrogens is 3. The molecule has 0 aromatic carbocycles. The van der Waals surface area contributed by atoms with E-state index in [2.05, 4.69) is 40.0 Å². The van der Waals surface area contributed by atoms with Crippen LogP contribution in [-0.2, 0) is 13.5 Å². The Balaban J connectivity index is 1.83. The standard InChI is InChI=1S/C12H18N4S/c1-3-10(11-5-4-8-17-11)13-7-6-12-15-14-9-16(12)2/h4-5,8-10,13H,3,6-7H2,1-2H3. The second kappa shape index (κ2) is 5.93. The summed E-state index contributed by atoms with van der Waals surface area (Å²) in [6.07, 6.45) is 3.77. The number of aryl methyl sites for hydroxylation is 1. The fourth-order valence-corrected chi connectivity index (χ4v) is 2.71. The minimum absolute atomic E-state index is 0.461. The van der Waals surface area contributed by atoms with Gasteiger partial charge in [0, 0.05) is 30.9 Å². The summed E-state index contributed by atoms with van der Waals surface area (Å²) in [6, 6.07) is 4.75. The van der Waals surface area contributed by atoms with E-state index in [9.17, 15) is 0 Å². The molecule has 2 aromatic heterocycles. The summed E-state index contributed by atoms with van der Waals surface area (Å²) in [7, 11) is 1.98. The van der Waals surface area contributed by atoms with Crippen LogP contribution in [-0.4, -0.2) is 21.3 Å². The maximum atomic E-state index is 4.08. The van der Waals surface area contributed by atoms with Gasteiger partial charge in [-0.2, -0.15) is 0 Å². The lowest BCUT2D eigenvalue weighted by Crippen LogP contribution is -2.23. The van der Waals surface area contributed by atoms with Crippen LogP contribution in [0.1, 0.15) is 30.1 Å². The van der Waals surface area contributed by atoms with Crippen LogP contribution in [0.2, 0.25) is 0 Å². The number of rotatable bonds is 6. The highest BCUT2D eigenvalue weighted by molar-refractivity contribution is 7.10. The van der Waals surface area contributed by atoms with E-state index in [1.165, 1.54) is 4.88 Å². The van der Waals surface area contributed by atoms with Crippen molar-refractivity contribution >= 4 is 11.3 Å². The van der Waals surface area contributed by atoms with Gasteiger partial charge in [-0.1, -0.05) is 13.0 Å². The molecule has 1 N–H and O–H groups in total. The number of hydrogen-bond acceptors (Lipinski definition) is 4. The van der Waals surface area contributed by atoms with Gasteiger partial charge in [0.1, 0.15) is 12.2 Å². The Morgan fingerprint density at radius 2 is 2.41 bits per heavy atom. The molecule has 0 saturated heterocycles. The van der Waals surface area contributed by atoms with Crippen LogP contribution in [0, 0.1) is 0 Å². The minimum Gasteiger partial charge on any atom is -0.321 e. The molecule has 0 aliphatic rings. The molecule has 2 heterocycles. The van der Waals surface area contributed by atoms with Gasteiger partial charge in [-0.25, -0.2) is 0 Å². The highest BCUT2D eigenvalue weighted by Gasteiger charge is 2.09. The van der Waals surface area contributed by atoms with Crippen molar-refractivity contribution in [3.05, 3.63) is 34.5 Å². The van der Waals surface area contributed by atoms with Crippen molar-refractivity contribution < 1.29 is 0 Å². The molecule has 92 valence electrons. The highest BCUT2D eigenvalue weighted by Crippen LogP contribution is 2.21. The molecule has 0 spiro atoms. The third-order valence-electron chi connectivity index (χ3n) is 2.84. The summed E-state index contributed by atoms with van der Waals surface area (Å²) in [5, 5.41) is 13.6. The van der Waals surface area contributed by atoms with Gasteiger partial charge in [0.15, 0.2) is 0 Å². The Bertz CT molecular complexity index is 435. The van der Waals surface area contributed by atoms with Gasteiger partial charge in [0.05, 0.1) is 0 Å². The summed E-state index contributed by atoms with van der Waals surface area (Å²) in [4.78, 5) is 1.41. The van der Waals surface area contributed by atoms with Gasteiger partial charge in [-0.3, -0.25) is 0 Å². The van der Waals surface area contributed by atoms with Crippen molar-refractivity contribution in [2.45, 2.75) is 25.8 Å². The fraction of sp³-hybridized carbons (Fsp3) is 0.500. The molecule has 0 bridgehead atoms. The molecule has 0 radical (unpaired) electrons. The average Bonchev–Trinajstić information content (AvgIpc) is 2.97. The van der Waals surface area contributed by atoms with Crippen molar-refractivity contribution in [1.29, 1.82) is 0 Å². The predicted molar refractivity (Wildman–Crippen MR) is 70.1 cm³/mol. The smallest absolute Gasteiger partial charge is 0.133 e. The lowest BCUT2D eigenvalue weighted by molar-refractivity contribution is 0.522. The Morgan fingerprint density at radius 3 is 3.00 bits per heavy atom. The first kappa shape index (κ1) is 12.3. The van der Waals surface area contributed by atoms with Crippen molar-refractivity contribution in [3.8, 4) is 0 Å². The van der Waals surface area contributed by atoms with Gasteiger partial charge in [-0.05, 0) is 17.9 Å². The molecule has 0 aliphatic carbocycles. The zero-order valence-electron chi connectivity index (χ0n) is 10.3. The lowest BCUT2D eigenvalue weighted by Gasteiger charge is -2.14. The first-order valence-corrected chi connectivity index (χ1v) is 6.79. The van der Waals surface area contributed by atoms with Crippen LogP contribution < -0.4 is 5.32 Å². The van der Waals surface area contributed by atoms with E-state index in [0.29, 0.717) is 6.04 Å². The average molecular weight is 250 g/mol. The molecule has 17 heavy (non-hydrogen) atoms. The first-order chi connectivity index (χ1) is 8.31. The van der Waals surface area contributed by atoms with Gasteiger partial charge >= 0.3 is 0 Å². The van der Waals surface area contributed by atoms with Crippen LogP contribution in [0.15, 0.2) is 23.8 Å². The zero-order valence-corrected chi connectivity index (χ0v) is 11.1. The molecule has 5 heteroatoms. The van der Waals surface area contributed by atoms with E-state index in [0.717, 1.165) is 25.2 Å². The van der Waals surface area contributed by atoms with Crippen molar-refractivity contribution in [3.63, 3.8) is 0 Å².